The summed E-state index contributed by atoms with van der Waals surface area (Å²) >= 11 is 7.53. The van der Waals surface area contributed by atoms with E-state index in [1.165, 1.54) is 5.69 Å². The van der Waals surface area contributed by atoms with Crippen LogP contribution in [0.4, 0.5) is 0 Å². The van der Waals surface area contributed by atoms with Gasteiger partial charge in [-0.2, -0.15) is 4.98 Å². The lowest BCUT2D eigenvalue weighted by atomic mass is 10.2. The maximum Gasteiger partial charge on any atom is 0.237 e. The second-order valence-corrected chi connectivity index (χ2v) is 7.76. The van der Waals surface area contributed by atoms with Crippen molar-refractivity contribution in [1.82, 2.24) is 19.7 Å². The fourth-order valence-corrected chi connectivity index (χ4v) is 3.53. The normalized spacial score (nSPS) is 11.4. The standard InChI is InChI=1S/C18H21ClN4OS/c1-11(2)9-23-13(4)12(3)20-18(23)25-10-16-21-17(22-24-16)14-5-7-15(19)8-6-14/h5-8,11H,9-10H2,1-4H3. The molecule has 3 rings (SSSR count). The summed E-state index contributed by atoms with van der Waals surface area (Å²) in [6.07, 6.45) is 0. The van der Waals surface area contributed by atoms with Crippen molar-refractivity contribution in [1.29, 1.82) is 0 Å². The molecular weight excluding hydrogens is 356 g/mol. The summed E-state index contributed by atoms with van der Waals surface area (Å²) in [7, 11) is 0. The van der Waals surface area contributed by atoms with E-state index in [-0.39, 0.29) is 0 Å². The molecule has 5 nitrogen and oxygen atoms in total. The highest BCUT2D eigenvalue weighted by Gasteiger charge is 2.15. The van der Waals surface area contributed by atoms with E-state index in [0.717, 1.165) is 23.0 Å². The van der Waals surface area contributed by atoms with Crippen molar-refractivity contribution in [3.63, 3.8) is 0 Å². The molecule has 2 heterocycles. The number of imidazole rings is 1. The van der Waals surface area contributed by atoms with E-state index in [0.29, 0.717) is 28.4 Å². The van der Waals surface area contributed by atoms with Crippen LogP contribution >= 0.6 is 23.4 Å². The smallest absolute Gasteiger partial charge is 0.237 e. The molecule has 25 heavy (non-hydrogen) atoms. The first kappa shape index (κ1) is 18.0. The molecule has 132 valence electrons. The van der Waals surface area contributed by atoms with Crippen LogP contribution in [-0.4, -0.2) is 19.7 Å². The number of rotatable bonds is 6. The number of nitrogens with zero attached hydrogens (tertiary/aromatic N) is 4. The number of aryl methyl sites for hydroxylation is 1. The van der Waals surface area contributed by atoms with Gasteiger partial charge in [-0.25, -0.2) is 4.98 Å². The van der Waals surface area contributed by atoms with Crippen LogP contribution in [0.15, 0.2) is 33.9 Å². The third-order valence-electron chi connectivity index (χ3n) is 3.87. The summed E-state index contributed by atoms with van der Waals surface area (Å²) in [5.74, 6) is 2.32. The van der Waals surface area contributed by atoms with Gasteiger partial charge in [0.05, 0.1) is 11.4 Å². The Kier molecular flexibility index (Phi) is 5.49. The summed E-state index contributed by atoms with van der Waals surface area (Å²) in [4.78, 5) is 9.14. The summed E-state index contributed by atoms with van der Waals surface area (Å²) in [5.41, 5.74) is 3.16. The van der Waals surface area contributed by atoms with Crippen molar-refractivity contribution in [3.8, 4) is 11.4 Å². The molecule has 0 aliphatic carbocycles. The minimum Gasteiger partial charge on any atom is -0.338 e. The summed E-state index contributed by atoms with van der Waals surface area (Å²) in [6, 6.07) is 7.39. The summed E-state index contributed by atoms with van der Waals surface area (Å²) < 4.78 is 7.64. The lowest BCUT2D eigenvalue weighted by Crippen LogP contribution is -2.07. The van der Waals surface area contributed by atoms with E-state index >= 15 is 0 Å². The van der Waals surface area contributed by atoms with Crippen LogP contribution in [-0.2, 0) is 12.3 Å². The van der Waals surface area contributed by atoms with E-state index in [1.807, 2.05) is 31.2 Å². The van der Waals surface area contributed by atoms with Gasteiger partial charge in [-0.05, 0) is 44.0 Å². The van der Waals surface area contributed by atoms with Gasteiger partial charge in [0.25, 0.3) is 0 Å². The van der Waals surface area contributed by atoms with Crippen LogP contribution in [0.1, 0.15) is 31.1 Å². The molecule has 0 fully saturated rings. The molecule has 2 aromatic heterocycles. The van der Waals surface area contributed by atoms with Gasteiger partial charge in [-0.3, -0.25) is 0 Å². The zero-order valence-corrected chi connectivity index (χ0v) is 16.4. The molecule has 0 aliphatic rings. The van der Waals surface area contributed by atoms with Crippen molar-refractivity contribution >= 4 is 23.4 Å². The highest BCUT2D eigenvalue weighted by molar-refractivity contribution is 7.98. The summed E-state index contributed by atoms with van der Waals surface area (Å²) in [6.45, 7) is 9.52. The maximum atomic E-state index is 5.91. The minimum atomic E-state index is 0.562. The van der Waals surface area contributed by atoms with Gasteiger partial charge in [0, 0.05) is 22.8 Å². The quantitative estimate of drug-likeness (QED) is 0.556. The van der Waals surface area contributed by atoms with Crippen molar-refractivity contribution in [3.05, 3.63) is 46.6 Å². The average molecular weight is 377 g/mol. The first-order chi connectivity index (χ1) is 11.9. The topological polar surface area (TPSA) is 56.7 Å². The summed E-state index contributed by atoms with van der Waals surface area (Å²) in [5, 5.41) is 5.73. The van der Waals surface area contributed by atoms with Crippen LogP contribution in [0, 0.1) is 19.8 Å². The molecule has 0 radical (unpaired) electrons. The van der Waals surface area contributed by atoms with E-state index in [1.54, 1.807) is 11.8 Å². The average Bonchev–Trinajstić information content (AvgIpc) is 3.14. The molecular formula is C18H21ClN4OS. The van der Waals surface area contributed by atoms with Gasteiger partial charge in [-0.1, -0.05) is 42.4 Å². The number of halogens is 1. The molecule has 0 amide bonds. The Morgan fingerprint density at radius 2 is 1.88 bits per heavy atom. The number of benzene rings is 1. The highest BCUT2D eigenvalue weighted by atomic mass is 35.5. The molecule has 0 atom stereocenters. The van der Waals surface area contributed by atoms with E-state index in [4.69, 9.17) is 16.1 Å². The zero-order valence-electron chi connectivity index (χ0n) is 14.8. The fraction of sp³-hybridized carbons (Fsp3) is 0.389. The molecule has 0 unspecified atom stereocenters. The van der Waals surface area contributed by atoms with Gasteiger partial charge < -0.3 is 9.09 Å². The van der Waals surface area contributed by atoms with Crippen molar-refractivity contribution in [2.75, 3.05) is 0 Å². The molecule has 0 saturated heterocycles. The van der Waals surface area contributed by atoms with Gasteiger partial charge in [0.2, 0.25) is 11.7 Å². The van der Waals surface area contributed by atoms with E-state index in [9.17, 15) is 0 Å². The van der Waals surface area contributed by atoms with Crippen LogP contribution in [0.3, 0.4) is 0 Å². The van der Waals surface area contributed by atoms with E-state index in [2.05, 4.69) is 40.5 Å². The SMILES string of the molecule is Cc1nc(SCc2nc(-c3ccc(Cl)cc3)no2)n(CC(C)C)c1C. The second-order valence-electron chi connectivity index (χ2n) is 6.38. The maximum absolute atomic E-state index is 5.91. The number of hydrogen-bond acceptors (Lipinski definition) is 5. The lowest BCUT2D eigenvalue weighted by molar-refractivity contribution is 0.391. The second kappa shape index (κ2) is 7.62. The van der Waals surface area contributed by atoms with Crippen molar-refractivity contribution in [2.24, 2.45) is 5.92 Å². The number of hydrogen-bond donors (Lipinski definition) is 0. The Morgan fingerprint density at radius 3 is 2.56 bits per heavy atom. The van der Waals surface area contributed by atoms with Crippen LogP contribution in [0.25, 0.3) is 11.4 Å². The monoisotopic (exact) mass is 376 g/mol. The first-order valence-corrected chi connectivity index (χ1v) is 9.55. The van der Waals surface area contributed by atoms with Gasteiger partial charge in [-0.15, -0.1) is 0 Å². The molecule has 7 heteroatoms. The molecule has 0 saturated carbocycles. The van der Waals surface area contributed by atoms with Crippen molar-refractivity contribution < 1.29 is 4.52 Å². The van der Waals surface area contributed by atoms with Gasteiger partial charge in [0.15, 0.2) is 5.16 Å². The van der Waals surface area contributed by atoms with Crippen molar-refractivity contribution in [2.45, 2.75) is 45.1 Å². The van der Waals surface area contributed by atoms with Crippen LogP contribution in [0.2, 0.25) is 5.02 Å². The number of thioether (sulfide) groups is 1. The predicted molar refractivity (Wildman–Crippen MR) is 101 cm³/mol. The van der Waals surface area contributed by atoms with E-state index < -0.39 is 0 Å². The third-order valence-corrected chi connectivity index (χ3v) is 5.08. The van der Waals surface area contributed by atoms with Gasteiger partial charge in [0.1, 0.15) is 0 Å². The van der Waals surface area contributed by atoms with Crippen LogP contribution < -0.4 is 0 Å². The first-order valence-electron chi connectivity index (χ1n) is 8.19. The molecule has 0 bridgehead atoms. The Hall–Kier alpha value is -1.79. The third kappa shape index (κ3) is 4.25. The Bertz CT molecular complexity index is 855. The van der Waals surface area contributed by atoms with Crippen LogP contribution in [0.5, 0.6) is 0 Å². The zero-order chi connectivity index (χ0) is 18.0. The fourth-order valence-electron chi connectivity index (χ4n) is 2.47. The Morgan fingerprint density at radius 1 is 1.16 bits per heavy atom. The molecule has 0 spiro atoms. The number of aromatic nitrogens is 4. The Labute approximate surface area is 156 Å². The molecule has 3 aromatic rings. The lowest BCUT2D eigenvalue weighted by Gasteiger charge is -2.11. The molecule has 0 aliphatic heterocycles. The minimum absolute atomic E-state index is 0.562. The predicted octanol–water partition coefficient (Wildman–Crippen LogP) is 5.15. The van der Waals surface area contributed by atoms with Gasteiger partial charge >= 0.3 is 0 Å². The molecule has 1 aromatic carbocycles. The Balaban J connectivity index is 1.72. The highest BCUT2D eigenvalue weighted by Crippen LogP contribution is 2.26. The largest absolute Gasteiger partial charge is 0.338 e. The molecule has 0 N–H and O–H groups in total.